The molecule has 1 heterocycles. The molecule has 3 rings (SSSR count). The predicted molar refractivity (Wildman–Crippen MR) is 92.9 cm³/mol. The van der Waals surface area contributed by atoms with Crippen LogP contribution in [0.2, 0.25) is 0 Å². The minimum atomic E-state index is -0.213. The molecular formula is C17H14Br2FNO. The van der Waals surface area contributed by atoms with Gasteiger partial charge >= 0.3 is 0 Å². The van der Waals surface area contributed by atoms with E-state index in [0.29, 0.717) is 18.8 Å². The van der Waals surface area contributed by atoms with Gasteiger partial charge in [-0.25, -0.2) is 4.39 Å². The Labute approximate surface area is 145 Å². The third-order valence-electron chi connectivity index (χ3n) is 3.47. The van der Waals surface area contributed by atoms with E-state index >= 15 is 0 Å². The lowest BCUT2D eigenvalue weighted by molar-refractivity contribution is 0.100. The van der Waals surface area contributed by atoms with E-state index in [-0.39, 0.29) is 11.9 Å². The molecule has 0 radical (unpaired) electrons. The standard InChI is InChI=1S/C17H14Br2FNO/c18-12-6-5-11(15(19)8-12)7-13-9-22-10-17(21-13)14-3-1-2-4-16(14)20/h1-8,17,21H,9-10H2/b13-7-. The molecule has 114 valence electrons. The smallest absolute Gasteiger partial charge is 0.128 e. The van der Waals surface area contributed by atoms with E-state index in [1.165, 1.54) is 6.07 Å². The molecular weight excluding hydrogens is 413 g/mol. The molecule has 2 aromatic carbocycles. The summed E-state index contributed by atoms with van der Waals surface area (Å²) >= 11 is 6.98. The van der Waals surface area contributed by atoms with Crippen LogP contribution >= 0.6 is 31.9 Å². The number of hydrogen-bond acceptors (Lipinski definition) is 2. The van der Waals surface area contributed by atoms with Crippen molar-refractivity contribution in [1.82, 2.24) is 5.32 Å². The van der Waals surface area contributed by atoms with Crippen molar-refractivity contribution in [3.05, 3.63) is 74.1 Å². The second-order valence-corrected chi connectivity index (χ2v) is 6.84. The number of hydrogen-bond donors (Lipinski definition) is 1. The number of morpholine rings is 1. The van der Waals surface area contributed by atoms with Gasteiger partial charge in [0, 0.05) is 20.2 Å². The summed E-state index contributed by atoms with van der Waals surface area (Å²) < 4.78 is 21.5. The van der Waals surface area contributed by atoms with Gasteiger partial charge in [-0.05, 0) is 29.8 Å². The molecule has 0 saturated carbocycles. The van der Waals surface area contributed by atoms with Gasteiger partial charge in [-0.15, -0.1) is 0 Å². The normalized spacial score (nSPS) is 20.0. The van der Waals surface area contributed by atoms with E-state index in [4.69, 9.17) is 4.74 Å². The molecule has 1 atom stereocenters. The highest BCUT2D eigenvalue weighted by Crippen LogP contribution is 2.26. The second-order valence-electron chi connectivity index (χ2n) is 5.07. The Kier molecular flexibility index (Phi) is 4.96. The summed E-state index contributed by atoms with van der Waals surface area (Å²) in [7, 11) is 0. The molecule has 1 aliphatic heterocycles. The van der Waals surface area contributed by atoms with Gasteiger partial charge in [0.25, 0.3) is 0 Å². The van der Waals surface area contributed by atoms with Gasteiger partial charge in [0.1, 0.15) is 5.82 Å². The van der Waals surface area contributed by atoms with Crippen LogP contribution in [0.5, 0.6) is 0 Å². The molecule has 2 aromatic rings. The van der Waals surface area contributed by atoms with E-state index in [1.807, 2.05) is 30.3 Å². The summed E-state index contributed by atoms with van der Waals surface area (Å²) in [6.07, 6.45) is 2.02. The lowest BCUT2D eigenvalue weighted by Gasteiger charge is -2.28. The Balaban J connectivity index is 1.84. The molecule has 5 heteroatoms. The molecule has 1 N–H and O–H groups in total. The third kappa shape index (κ3) is 3.59. The van der Waals surface area contributed by atoms with Crippen LogP contribution < -0.4 is 5.32 Å². The Morgan fingerprint density at radius 1 is 1.18 bits per heavy atom. The minimum absolute atomic E-state index is 0.171. The number of rotatable bonds is 2. The first-order valence-corrected chi connectivity index (χ1v) is 8.46. The van der Waals surface area contributed by atoms with Crippen molar-refractivity contribution in [3.8, 4) is 0 Å². The summed E-state index contributed by atoms with van der Waals surface area (Å²) in [6, 6.07) is 12.6. The first-order valence-electron chi connectivity index (χ1n) is 6.88. The maximum atomic E-state index is 13.9. The van der Waals surface area contributed by atoms with Crippen molar-refractivity contribution in [3.63, 3.8) is 0 Å². The molecule has 0 aliphatic carbocycles. The van der Waals surface area contributed by atoms with Gasteiger partial charge in [-0.1, -0.05) is 56.1 Å². The Bertz CT molecular complexity index is 718. The lowest BCUT2D eigenvalue weighted by Crippen LogP contribution is -2.33. The molecule has 2 nitrogen and oxygen atoms in total. The second kappa shape index (κ2) is 6.94. The maximum absolute atomic E-state index is 13.9. The van der Waals surface area contributed by atoms with Gasteiger partial charge in [0.15, 0.2) is 0 Å². The molecule has 22 heavy (non-hydrogen) atoms. The van der Waals surface area contributed by atoms with Crippen LogP contribution in [0, 0.1) is 5.82 Å². The average Bonchev–Trinajstić information content (AvgIpc) is 2.51. The highest BCUT2D eigenvalue weighted by molar-refractivity contribution is 9.11. The summed E-state index contributed by atoms with van der Waals surface area (Å²) in [5.41, 5.74) is 2.61. The summed E-state index contributed by atoms with van der Waals surface area (Å²) in [5.74, 6) is -0.213. The Morgan fingerprint density at radius 2 is 2.00 bits per heavy atom. The van der Waals surface area contributed by atoms with Crippen LogP contribution in [0.25, 0.3) is 6.08 Å². The van der Waals surface area contributed by atoms with Crippen LogP contribution in [0.15, 0.2) is 57.1 Å². The number of ether oxygens (including phenoxy) is 1. The van der Waals surface area contributed by atoms with Gasteiger partial charge in [0.2, 0.25) is 0 Å². The molecule has 1 saturated heterocycles. The van der Waals surface area contributed by atoms with E-state index in [2.05, 4.69) is 37.2 Å². The van der Waals surface area contributed by atoms with Crippen molar-refractivity contribution >= 4 is 37.9 Å². The monoisotopic (exact) mass is 425 g/mol. The number of halogens is 3. The Morgan fingerprint density at radius 3 is 2.77 bits per heavy atom. The average molecular weight is 427 g/mol. The van der Waals surface area contributed by atoms with Gasteiger partial charge in [0.05, 0.1) is 19.3 Å². The maximum Gasteiger partial charge on any atom is 0.128 e. The summed E-state index contributed by atoms with van der Waals surface area (Å²) in [4.78, 5) is 0. The molecule has 0 amide bonds. The fourth-order valence-corrected chi connectivity index (χ4v) is 3.57. The zero-order valence-corrected chi connectivity index (χ0v) is 14.8. The van der Waals surface area contributed by atoms with E-state index in [9.17, 15) is 4.39 Å². The quantitative estimate of drug-likeness (QED) is 0.725. The first-order chi connectivity index (χ1) is 10.6. The molecule has 0 spiro atoms. The fraction of sp³-hybridized carbons (Fsp3) is 0.176. The molecule has 1 unspecified atom stereocenters. The summed E-state index contributed by atoms with van der Waals surface area (Å²) in [6.45, 7) is 0.952. The third-order valence-corrected chi connectivity index (χ3v) is 4.65. The lowest BCUT2D eigenvalue weighted by atomic mass is 10.1. The molecule has 1 fully saturated rings. The number of benzene rings is 2. The van der Waals surface area contributed by atoms with E-state index in [1.54, 1.807) is 12.1 Å². The van der Waals surface area contributed by atoms with Gasteiger partial charge < -0.3 is 10.1 Å². The van der Waals surface area contributed by atoms with Crippen LogP contribution in [0.1, 0.15) is 17.2 Å². The SMILES string of the molecule is Fc1ccccc1C1COC/C(=C/c2ccc(Br)cc2Br)N1. The fourth-order valence-electron chi connectivity index (χ4n) is 2.41. The summed E-state index contributed by atoms with van der Waals surface area (Å²) in [5, 5.41) is 3.36. The highest BCUT2D eigenvalue weighted by Gasteiger charge is 2.20. The zero-order chi connectivity index (χ0) is 15.5. The topological polar surface area (TPSA) is 21.3 Å². The van der Waals surface area contributed by atoms with Crippen molar-refractivity contribution < 1.29 is 9.13 Å². The van der Waals surface area contributed by atoms with Crippen molar-refractivity contribution in [2.45, 2.75) is 6.04 Å². The van der Waals surface area contributed by atoms with Crippen molar-refractivity contribution in [2.24, 2.45) is 0 Å². The van der Waals surface area contributed by atoms with Gasteiger partial charge in [-0.3, -0.25) is 0 Å². The highest BCUT2D eigenvalue weighted by atomic mass is 79.9. The van der Waals surface area contributed by atoms with E-state index < -0.39 is 0 Å². The van der Waals surface area contributed by atoms with Crippen molar-refractivity contribution in [1.29, 1.82) is 0 Å². The Hall–Kier alpha value is -1.17. The molecule has 0 aromatic heterocycles. The minimum Gasteiger partial charge on any atom is -0.377 e. The van der Waals surface area contributed by atoms with Crippen molar-refractivity contribution in [2.75, 3.05) is 13.2 Å². The molecule has 1 aliphatic rings. The molecule has 0 bridgehead atoms. The largest absolute Gasteiger partial charge is 0.377 e. The predicted octanol–water partition coefficient (Wildman–Crippen LogP) is 5.05. The van der Waals surface area contributed by atoms with E-state index in [0.717, 1.165) is 20.2 Å². The first kappa shape index (κ1) is 15.7. The van der Waals surface area contributed by atoms with Crippen LogP contribution in [0.4, 0.5) is 4.39 Å². The number of nitrogens with one attached hydrogen (secondary N) is 1. The zero-order valence-electron chi connectivity index (χ0n) is 11.7. The van der Waals surface area contributed by atoms with Crippen LogP contribution in [-0.4, -0.2) is 13.2 Å². The van der Waals surface area contributed by atoms with Crippen LogP contribution in [0.3, 0.4) is 0 Å². The van der Waals surface area contributed by atoms with Gasteiger partial charge in [-0.2, -0.15) is 0 Å². The van der Waals surface area contributed by atoms with Crippen LogP contribution in [-0.2, 0) is 4.74 Å².